The zero-order valence-electron chi connectivity index (χ0n) is 14.1. The second-order valence-corrected chi connectivity index (χ2v) is 9.26. The molecular formula is C17H28N2O2S. The molecule has 0 aliphatic carbocycles. The molecule has 0 bridgehead atoms. The molecule has 0 saturated carbocycles. The van der Waals surface area contributed by atoms with Crippen molar-refractivity contribution in [1.29, 1.82) is 0 Å². The molecule has 1 fully saturated rings. The second-order valence-electron chi connectivity index (χ2n) is 7.29. The minimum absolute atomic E-state index is 0.278. The Kier molecular flexibility index (Phi) is 5.77. The fraction of sp³-hybridized carbons (Fsp3) is 0.647. The lowest BCUT2D eigenvalue weighted by molar-refractivity contribution is 0.110. The molecule has 1 heterocycles. The molecule has 1 aromatic rings. The largest absolute Gasteiger partial charge is 0.378 e. The monoisotopic (exact) mass is 324 g/mol. The van der Waals surface area contributed by atoms with Gasteiger partial charge in [-0.25, -0.2) is 8.93 Å². The third kappa shape index (κ3) is 5.16. The molecule has 124 valence electrons. The van der Waals surface area contributed by atoms with E-state index in [1.165, 1.54) is 5.56 Å². The number of ether oxygens (including phenoxy) is 1. The third-order valence-corrected chi connectivity index (χ3v) is 5.48. The van der Waals surface area contributed by atoms with Crippen LogP contribution >= 0.6 is 0 Å². The number of benzene rings is 1. The third-order valence-electron chi connectivity index (χ3n) is 3.69. The molecule has 1 aromatic carbocycles. The van der Waals surface area contributed by atoms with Crippen LogP contribution in [0.4, 0.5) is 0 Å². The summed E-state index contributed by atoms with van der Waals surface area (Å²) >= 11 is 0. The van der Waals surface area contributed by atoms with Crippen LogP contribution in [0.3, 0.4) is 0 Å². The zero-order valence-corrected chi connectivity index (χ0v) is 14.9. The quantitative estimate of drug-likeness (QED) is 0.924. The molecule has 4 nitrogen and oxygen atoms in total. The highest BCUT2D eigenvalue weighted by atomic mass is 32.2. The van der Waals surface area contributed by atoms with Crippen molar-refractivity contribution in [3.8, 4) is 0 Å². The molecule has 0 radical (unpaired) electrons. The van der Waals surface area contributed by atoms with E-state index < -0.39 is 11.0 Å². The van der Waals surface area contributed by atoms with Gasteiger partial charge < -0.3 is 4.74 Å². The van der Waals surface area contributed by atoms with E-state index in [-0.39, 0.29) is 10.3 Å². The van der Waals surface area contributed by atoms with Crippen LogP contribution in [0.25, 0.3) is 0 Å². The summed E-state index contributed by atoms with van der Waals surface area (Å²) in [5.41, 5.74) is 0.993. The van der Waals surface area contributed by atoms with E-state index in [1.807, 2.05) is 26.8 Å². The first kappa shape index (κ1) is 17.6. The van der Waals surface area contributed by atoms with E-state index in [0.717, 1.165) is 19.6 Å². The molecule has 2 atom stereocenters. The molecule has 1 saturated heterocycles. The van der Waals surface area contributed by atoms with Crippen molar-refractivity contribution in [2.24, 2.45) is 0 Å². The lowest BCUT2D eigenvalue weighted by Gasteiger charge is -2.34. The summed E-state index contributed by atoms with van der Waals surface area (Å²) in [6, 6.07) is 10.5. The van der Waals surface area contributed by atoms with Gasteiger partial charge in [0.1, 0.15) is 0 Å². The van der Waals surface area contributed by atoms with Crippen molar-refractivity contribution in [3.05, 3.63) is 35.9 Å². The zero-order chi connectivity index (χ0) is 16.2. The summed E-state index contributed by atoms with van der Waals surface area (Å²) in [6.07, 6.45) is 0. The van der Waals surface area contributed by atoms with Gasteiger partial charge in [-0.15, -0.1) is 0 Å². The summed E-state index contributed by atoms with van der Waals surface area (Å²) in [5, 5.41) is 0. The molecule has 1 N–H and O–H groups in total. The Morgan fingerprint density at radius 2 is 2.00 bits per heavy atom. The minimum Gasteiger partial charge on any atom is -0.378 e. The smallest absolute Gasteiger partial charge is 0.0976 e. The van der Waals surface area contributed by atoms with Crippen LogP contribution in [-0.2, 0) is 22.3 Å². The van der Waals surface area contributed by atoms with Gasteiger partial charge in [-0.3, -0.25) is 4.90 Å². The van der Waals surface area contributed by atoms with E-state index in [4.69, 9.17) is 4.74 Å². The highest BCUT2D eigenvalue weighted by Gasteiger charge is 2.34. The number of nitrogens with one attached hydrogen (secondary N) is 1. The fourth-order valence-corrected chi connectivity index (χ4v) is 3.40. The van der Waals surface area contributed by atoms with Crippen molar-refractivity contribution >= 4 is 11.0 Å². The Balaban J connectivity index is 2.04. The van der Waals surface area contributed by atoms with Crippen molar-refractivity contribution in [1.82, 2.24) is 9.62 Å². The number of hydrogen-bond acceptors (Lipinski definition) is 3. The summed E-state index contributed by atoms with van der Waals surface area (Å²) in [5.74, 6) is 0. The molecule has 2 unspecified atom stereocenters. The van der Waals surface area contributed by atoms with Gasteiger partial charge in [-0.2, -0.15) is 0 Å². The molecule has 1 aliphatic heterocycles. The number of nitrogens with zero attached hydrogens (tertiary/aromatic N) is 1. The van der Waals surface area contributed by atoms with Crippen molar-refractivity contribution in [2.45, 2.75) is 44.5 Å². The van der Waals surface area contributed by atoms with E-state index in [0.29, 0.717) is 13.2 Å². The summed E-state index contributed by atoms with van der Waals surface area (Å²) in [6.45, 7) is 12.0. The van der Waals surface area contributed by atoms with Gasteiger partial charge in [-0.05, 0) is 33.3 Å². The van der Waals surface area contributed by atoms with Gasteiger partial charge >= 0.3 is 0 Å². The lowest BCUT2D eigenvalue weighted by Crippen LogP contribution is -2.55. The highest BCUT2D eigenvalue weighted by Crippen LogP contribution is 2.18. The van der Waals surface area contributed by atoms with Crippen molar-refractivity contribution < 1.29 is 8.95 Å². The predicted octanol–water partition coefficient (Wildman–Crippen LogP) is 2.33. The van der Waals surface area contributed by atoms with Gasteiger partial charge in [0.25, 0.3) is 0 Å². The summed E-state index contributed by atoms with van der Waals surface area (Å²) < 4.78 is 21.2. The van der Waals surface area contributed by atoms with Crippen LogP contribution in [0, 0.1) is 0 Å². The van der Waals surface area contributed by atoms with Crippen LogP contribution in [0.2, 0.25) is 0 Å². The highest BCUT2D eigenvalue weighted by molar-refractivity contribution is 7.84. The Morgan fingerprint density at radius 3 is 2.64 bits per heavy atom. The SMILES string of the molecule is CC1(NS(=O)C(C)(C)C)COCCN(Cc2ccccc2)C1. The van der Waals surface area contributed by atoms with Crippen LogP contribution in [0.15, 0.2) is 30.3 Å². The first-order valence-corrected chi connectivity index (χ1v) is 8.97. The molecular weight excluding hydrogens is 296 g/mol. The maximum Gasteiger partial charge on any atom is 0.0976 e. The van der Waals surface area contributed by atoms with E-state index in [2.05, 4.69) is 40.8 Å². The predicted molar refractivity (Wildman–Crippen MR) is 92.0 cm³/mol. The van der Waals surface area contributed by atoms with Gasteiger partial charge in [0.15, 0.2) is 0 Å². The molecule has 0 spiro atoms. The van der Waals surface area contributed by atoms with E-state index in [1.54, 1.807) is 0 Å². The molecule has 0 aromatic heterocycles. The van der Waals surface area contributed by atoms with Crippen LogP contribution in [0.1, 0.15) is 33.3 Å². The molecule has 5 heteroatoms. The molecule has 22 heavy (non-hydrogen) atoms. The fourth-order valence-electron chi connectivity index (χ4n) is 2.52. The molecule has 0 amide bonds. The molecule has 2 rings (SSSR count). The normalized spacial score (nSPS) is 25.6. The average molecular weight is 324 g/mol. The minimum atomic E-state index is -1.10. The Hall–Kier alpha value is -0.750. The van der Waals surface area contributed by atoms with E-state index in [9.17, 15) is 4.21 Å². The topological polar surface area (TPSA) is 41.6 Å². The van der Waals surface area contributed by atoms with Crippen LogP contribution in [-0.4, -0.2) is 45.7 Å². The average Bonchev–Trinajstić information content (AvgIpc) is 2.60. The first-order chi connectivity index (χ1) is 10.3. The summed E-state index contributed by atoms with van der Waals surface area (Å²) in [4.78, 5) is 2.37. The van der Waals surface area contributed by atoms with Gasteiger partial charge in [0.2, 0.25) is 0 Å². The van der Waals surface area contributed by atoms with Gasteiger partial charge in [0.05, 0.1) is 34.5 Å². The second kappa shape index (κ2) is 7.21. The Labute approximate surface area is 136 Å². The Bertz CT molecular complexity index is 501. The maximum atomic E-state index is 12.4. The standard InChI is InChI=1S/C17H28N2O2S/c1-16(2,3)22(20)18-17(4)13-19(10-11-21-14-17)12-15-8-6-5-7-9-15/h5-9,18H,10-14H2,1-4H3. The van der Waals surface area contributed by atoms with Crippen LogP contribution in [0.5, 0.6) is 0 Å². The van der Waals surface area contributed by atoms with Crippen LogP contribution < -0.4 is 4.72 Å². The van der Waals surface area contributed by atoms with E-state index >= 15 is 0 Å². The summed E-state index contributed by atoms with van der Waals surface area (Å²) in [7, 11) is -1.10. The number of rotatable bonds is 4. The van der Waals surface area contributed by atoms with Crippen molar-refractivity contribution in [3.63, 3.8) is 0 Å². The lowest BCUT2D eigenvalue weighted by atomic mass is 10.0. The molecule has 1 aliphatic rings. The first-order valence-electron chi connectivity index (χ1n) is 7.82. The Morgan fingerprint density at radius 1 is 1.32 bits per heavy atom. The van der Waals surface area contributed by atoms with Crippen molar-refractivity contribution in [2.75, 3.05) is 26.3 Å². The maximum absolute atomic E-state index is 12.4. The van der Waals surface area contributed by atoms with Gasteiger partial charge in [0, 0.05) is 19.6 Å². The van der Waals surface area contributed by atoms with Gasteiger partial charge in [-0.1, -0.05) is 30.3 Å². The number of hydrogen-bond donors (Lipinski definition) is 1.